The van der Waals surface area contributed by atoms with Crippen molar-refractivity contribution in [3.63, 3.8) is 0 Å². The van der Waals surface area contributed by atoms with Gasteiger partial charge in [-0.05, 0) is 37.0 Å². The zero-order valence-corrected chi connectivity index (χ0v) is 10.7. The molecule has 0 saturated heterocycles. The van der Waals surface area contributed by atoms with Crippen LogP contribution < -0.4 is 10.1 Å². The Bertz CT molecular complexity index is 355. The first-order valence-electron chi connectivity index (χ1n) is 6.17. The lowest BCUT2D eigenvalue weighted by Gasteiger charge is -2.40. The van der Waals surface area contributed by atoms with E-state index < -0.39 is 0 Å². The van der Waals surface area contributed by atoms with Gasteiger partial charge in [0.15, 0.2) is 0 Å². The molecule has 0 spiro atoms. The smallest absolute Gasteiger partial charge is 0.119 e. The largest absolute Gasteiger partial charge is 0.497 e. The number of hydrogen-bond acceptors (Lipinski definition) is 3. The Morgan fingerprint density at radius 2 is 2.12 bits per heavy atom. The summed E-state index contributed by atoms with van der Waals surface area (Å²) in [6.45, 7) is 1.79. The fraction of sp³-hybridized carbons (Fsp3) is 0.571. The van der Waals surface area contributed by atoms with Gasteiger partial charge in [0.05, 0.1) is 12.7 Å². The van der Waals surface area contributed by atoms with Crippen molar-refractivity contribution in [3.05, 3.63) is 29.8 Å². The summed E-state index contributed by atoms with van der Waals surface area (Å²) >= 11 is 0. The van der Waals surface area contributed by atoms with Crippen LogP contribution in [0.3, 0.4) is 0 Å². The van der Waals surface area contributed by atoms with Crippen LogP contribution in [0.25, 0.3) is 0 Å². The van der Waals surface area contributed by atoms with E-state index in [1.165, 1.54) is 24.8 Å². The molecule has 94 valence electrons. The molecule has 0 atom stereocenters. The molecule has 0 heterocycles. The molecule has 1 aliphatic rings. The van der Waals surface area contributed by atoms with Crippen LogP contribution in [0.1, 0.15) is 24.8 Å². The molecule has 0 radical (unpaired) electrons. The number of benzene rings is 1. The van der Waals surface area contributed by atoms with Crippen LogP contribution in [0.4, 0.5) is 0 Å². The molecule has 1 aromatic carbocycles. The minimum atomic E-state index is 0.0961. The number of hydrogen-bond donors (Lipinski definition) is 1. The highest BCUT2D eigenvalue weighted by Gasteiger charge is 2.36. The van der Waals surface area contributed by atoms with E-state index in [2.05, 4.69) is 17.4 Å². The van der Waals surface area contributed by atoms with Gasteiger partial charge in [0.2, 0.25) is 0 Å². The molecule has 1 aliphatic carbocycles. The van der Waals surface area contributed by atoms with Gasteiger partial charge in [-0.3, -0.25) is 0 Å². The Hall–Kier alpha value is -1.06. The SMILES string of the molecule is COc1cccc(CNCC2(OC)CCC2)c1. The van der Waals surface area contributed by atoms with E-state index in [9.17, 15) is 0 Å². The van der Waals surface area contributed by atoms with Gasteiger partial charge in [-0.15, -0.1) is 0 Å². The molecule has 0 aromatic heterocycles. The third-order valence-corrected chi connectivity index (χ3v) is 3.61. The van der Waals surface area contributed by atoms with Crippen LogP contribution in [0.5, 0.6) is 5.75 Å². The molecule has 3 heteroatoms. The van der Waals surface area contributed by atoms with Crippen molar-refractivity contribution < 1.29 is 9.47 Å². The number of nitrogens with one attached hydrogen (secondary N) is 1. The Morgan fingerprint density at radius 3 is 2.71 bits per heavy atom. The predicted octanol–water partition coefficient (Wildman–Crippen LogP) is 2.35. The van der Waals surface area contributed by atoms with E-state index in [0.29, 0.717) is 0 Å². The van der Waals surface area contributed by atoms with Crippen LogP contribution in [-0.4, -0.2) is 26.4 Å². The van der Waals surface area contributed by atoms with Crippen LogP contribution in [0, 0.1) is 0 Å². The molecule has 3 nitrogen and oxygen atoms in total. The summed E-state index contributed by atoms with van der Waals surface area (Å²) in [6, 6.07) is 8.15. The molecular weight excluding hydrogens is 214 g/mol. The Kier molecular flexibility index (Phi) is 4.02. The molecular formula is C14H21NO2. The first-order chi connectivity index (χ1) is 8.28. The monoisotopic (exact) mass is 235 g/mol. The second kappa shape index (κ2) is 5.52. The quantitative estimate of drug-likeness (QED) is 0.821. The van der Waals surface area contributed by atoms with Crippen molar-refractivity contribution >= 4 is 0 Å². The van der Waals surface area contributed by atoms with Crippen molar-refractivity contribution in [1.29, 1.82) is 0 Å². The van der Waals surface area contributed by atoms with Crippen molar-refractivity contribution in [2.24, 2.45) is 0 Å². The fourth-order valence-electron chi connectivity index (χ4n) is 2.24. The van der Waals surface area contributed by atoms with Crippen LogP contribution >= 0.6 is 0 Å². The Labute approximate surface area is 103 Å². The maximum atomic E-state index is 5.57. The van der Waals surface area contributed by atoms with Crippen molar-refractivity contribution in [3.8, 4) is 5.75 Å². The third-order valence-electron chi connectivity index (χ3n) is 3.61. The zero-order chi connectivity index (χ0) is 12.1. The maximum Gasteiger partial charge on any atom is 0.119 e. The minimum absolute atomic E-state index is 0.0961. The Balaban J connectivity index is 1.81. The second-order valence-electron chi connectivity index (χ2n) is 4.70. The van der Waals surface area contributed by atoms with Crippen LogP contribution in [-0.2, 0) is 11.3 Å². The van der Waals surface area contributed by atoms with E-state index in [1.54, 1.807) is 7.11 Å². The number of ether oxygens (including phenoxy) is 2. The first kappa shape index (κ1) is 12.4. The summed E-state index contributed by atoms with van der Waals surface area (Å²) in [7, 11) is 3.51. The minimum Gasteiger partial charge on any atom is -0.497 e. The molecule has 1 fully saturated rings. The normalized spacial score (nSPS) is 17.5. The van der Waals surface area contributed by atoms with Gasteiger partial charge in [0.1, 0.15) is 5.75 Å². The van der Waals surface area contributed by atoms with Crippen LogP contribution in [0.2, 0.25) is 0 Å². The van der Waals surface area contributed by atoms with Gasteiger partial charge in [-0.25, -0.2) is 0 Å². The summed E-state index contributed by atoms with van der Waals surface area (Å²) in [6.07, 6.45) is 3.64. The lowest BCUT2D eigenvalue weighted by molar-refractivity contribution is -0.0695. The zero-order valence-electron chi connectivity index (χ0n) is 10.7. The summed E-state index contributed by atoms with van der Waals surface area (Å²) in [5.74, 6) is 0.911. The molecule has 0 bridgehead atoms. The fourth-order valence-corrected chi connectivity index (χ4v) is 2.24. The van der Waals surface area contributed by atoms with E-state index in [1.807, 2.05) is 19.2 Å². The average Bonchev–Trinajstić information content (AvgIpc) is 2.33. The summed E-state index contributed by atoms with van der Waals surface area (Å²) in [5, 5.41) is 3.47. The number of rotatable bonds is 6. The van der Waals surface area contributed by atoms with Gasteiger partial charge in [-0.1, -0.05) is 12.1 Å². The second-order valence-corrected chi connectivity index (χ2v) is 4.70. The third kappa shape index (κ3) is 2.99. The lowest BCUT2D eigenvalue weighted by atomic mass is 9.80. The summed E-state index contributed by atoms with van der Waals surface area (Å²) in [4.78, 5) is 0. The first-order valence-corrected chi connectivity index (χ1v) is 6.17. The number of methoxy groups -OCH3 is 2. The van der Waals surface area contributed by atoms with Crippen molar-refractivity contribution in [2.45, 2.75) is 31.4 Å². The van der Waals surface area contributed by atoms with E-state index >= 15 is 0 Å². The van der Waals surface area contributed by atoms with Gasteiger partial charge in [-0.2, -0.15) is 0 Å². The highest BCUT2D eigenvalue weighted by molar-refractivity contribution is 5.28. The summed E-state index contributed by atoms with van der Waals surface area (Å²) < 4.78 is 10.8. The molecule has 2 rings (SSSR count). The Morgan fingerprint density at radius 1 is 1.29 bits per heavy atom. The maximum absolute atomic E-state index is 5.57. The molecule has 1 aromatic rings. The highest BCUT2D eigenvalue weighted by atomic mass is 16.5. The lowest BCUT2D eigenvalue weighted by Crippen LogP contribution is -2.47. The topological polar surface area (TPSA) is 30.5 Å². The predicted molar refractivity (Wildman–Crippen MR) is 68.3 cm³/mol. The molecule has 0 amide bonds. The van der Waals surface area contributed by atoms with E-state index in [-0.39, 0.29) is 5.60 Å². The standard InChI is InChI=1S/C14H21NO2/c1-16-13-6-3-5-12(9-13)10-15-11-14(17-2)7-4-8-14/h3,5-6,9,15H,4,7-8,10-11H2,1-2H3. The molecule has 1 N–H and O–H groups in total. The van der Waals surface area contributed by atoms with E-state index in [4.69, 9.17) is 9.47 Å². The van der Waals surface area contributed by atoms with Crippen molar-refractivity contribution in [2.75, 3.05) is 20.8 Å². The van der Waals surface area contributed by atoms with Gasteiger partial charge in [0, 0.05) is 20.2 Å². The highest BCUT2D eigenvalue weighted by Crippen LogP contribution is 2.34. The van der Waals surface area contributed by atoms with Gasteiger partial charge in [0.25, 0.3) is 0 Å². The average molecular weight is 235 g/mol. The van der Waals surface area contributed by atoms with E-state index in [0.717, 1.165) is 18.8 Å². The van der Waals surface area contributed by atoms with Crippen LogP contribution in [0.15, 0.2) is 24.3 Å². The molecule has 1 saturated carbocycles. The van der Waals surface area contributed by atoms with Gasteiger partial charge < -0.3 is 14.8 Å². The summed E-state index contributed by atoms with van der Waals surface area (Å²) in [5.41, 5.74) is 1.34. The molecule has 0 unspecified atom stereocenters. The van der Waals surface area contributed by atoms with Crippen molar-refractivity contribution in [1.82, 2.24) is 5.32 Å². The molecule has 17 heavy (non-hydrogen) atoms. The van der Waals surface area contributed by atoms with Gasteiger partial charge >= 0.3 is 0 Å². The molecule has 0 aliphatic heterocycles.